The average molecular weight is 300 g/mol. The van der Waals surface area contributed by atoms with E-state index in [1.165, 1.54) is 6.07 Å². The van der Waals surface area contributed by atoms with Gasteiger partial charge in [0.2, 0.25) is 0 Å². The minimum absolute atomic E-state index is 0.0798. The summed E-state index contributed by atoms with van der Waals surface area (Å²) < 4.78 is 14.5. The normalized spacial score (nSPS) is 23.9. The maximum absolute atomic E-state index is 13.7. The molecular weight excluding hydrogens is 285 g/mol. The monoisotopic (exact) mass is 299 g/mol. The van der Waals surface area contributed by atoms with E-state index in [1.807, 2.05) is 6.92 Å². The van der Waals surface area contributed by atoms with Crippen LogP contribution < -0.4 is 5.32 Å². The zero-order valence-corrected chi connectivity index (χ0v) is 11.3. The Labute approximate surface area is 109 Å². The zero-order chi connectivity index (χ0) is 12.5. The van der Waals surface area contributed by atoms with Crippen molar-refractivity contribution >= 4 is 21.7 Å². The first kappa shape index (κ1) is 12.7. The van der Waals surface area contributed by atoms with Crippen LogP contribution in [0.3, 0.4) is 0 Å². The Hall–Kier alpha value is -0.740. The third kappa shape index (κ3) is 2.29. The minimum Gasteiger partial charge on any atom is -0.316 e. The predicted molar refractivity (Wildman–Crippen MR) is 68.6 cm³/mol. The van der Waals surface area contributed by atoms with E-state index in [-0.39, 0.29) is 11.3 Å². The Morgan fingerprint density at radius 3 is 2.94 bits per heavy atom. The van der Waals surface area contributed by atoms with Gasteiger partial charge in [0, 0.05) is 16.4 Å². The highest BCUT2D eigenvalue weighted by Gasteiger charge is 2.40. The fourth-order valence-electron chi connectivity index (χ4n) is 2.36. The van der Waals surface area contributed by atoms with Gasteiger partial charge in [0.15, 0.2) is 5.78 Å². The van der Waals surface area contributed by atoms with E-state index in [4.69, 9.17) is 0 Å². The number of carbonyl (C=O) groups is 1. The summed E-state index contributed by atoms with van der Waals surface area (Å²) in [6, 6.07) is 4.52. The van der Waals surface area contributed by atoms with Gasteiger partial charge in [0.25, 0.3) is 0 Å². The Bertz CT molecular complexity index is 441. The smallest absolute Gasteiger partial charge is 0.173 e. The first-order valence-electron chi connectivity index (χ1n) is 5.79. The van der Waals surface area contributed by atoms with E-state index in [0.29, 0.717) is 6.54 Å². The van der Waals surface area contributed by atoms with Gasteiger partial charge < -0.3 is 5.32 Å². The lowest BCUT2D eigenvalue weighted by molar-refractivity contribution is 0.0806. The molecule has 0 aromatic heterocycles. The molecule has 1 fully saturated rings. The minimum atomic E-state index is -0.432. The van der Waals surface area contributed by atoms with Gasteiger partial charge in [-0.15, -0.1) is 0 Å². The standard InChI is InChI=1S/C13H15BrFNO/c1-2-13(5-6-16-8-13)12(17)10-7-9(14)3-4-11(10)15/h3-4,7,16H,2,5-6,8H2,1H3. The Balaban J connectivity index is 2.39. The molecule has 0 spiro atoms. The Morgan fingerprint density at radius 2 is 2.35 bits per heavy atom. The van der Waals surface area contributed by atoms with Crippen LogP contribution in [0.5, 0.6) is 0 Å². The summed E-state index contributed by atoms with van der Waals surface area (Å²) in [6.45, 7) is 3.46. The van der Waals surface area contributed by atoms with Gasteiger partial charge in [-0.1, -0.05) is 22.9 Å². The molecule has 4 heteroatoms. The second-order valence-corrected chi connectivity index (χ2v) is 5.43. The van der Waals surface area contributed by atoms with E-state index in [9.17, 15) is 9.18 Å². The molecule has 1 aromatic rings. The van der Waals surface area contributed by atoms with Crippen molar-refractivity contribution in [1.82, 2.24) is 5.32 Å². The first-order valence-corrected chi connectivity index (χ1v) is 6.59. The molecule has 17 heavy (non-hydrogen) atoms. The highest BCUT2D eigenvalue weighted by Crippen LogP contribution is 2.34. The summed E-state index contributed by atoms with van der Waals surface area (Å²) in [6.07, 6.45) is 1.53. The van der Waals surface area contributed by atoms with Crippen molar-refractivity contribution in [3.8, 4) is 0 Å². The molecule has 0 amide bonds. The van der Waals surface area contributed by atoms with Gasteiger partial charge in [0.05, 0.1) is 5.56 Å². The molecular formula is C13H15BrFNO. The van der Waals surface area contributed by atoms with Crippen molar-refractivity contribution < 1.29 is 9.18 Å². The van der Waals surface area contributed by atoms with Crippen molar-refractivity contribution in [2.24, 2.45) is 5.41 Å². The fourth-order valence-corrected chi connectivity index (χ4v) is 2.72. The number of halogens is 2. The fraction of sp³-hybridized carbons (Fsp3) is 0.462. The van der Waals surface area contributed by atoms with Crippen LogP contribution in [0.4, 0.5) is 4.39 Å². The molecule has 0 radical (unpaired) electrons. The van der Waals surface area contributed by atoms with Crippen molar-refractivity contribution in [2.75, 3.05) is 13.1 Å². The largest absolute Gasteiger partial charge is 0.316 e. The SMILES string of the molecule is CCC1(C(=O)c2cc(Br)ccc2F)CCNC1. The number of rotatable bonds is 3. The summed E-state index contributed by atoms with van der Waals surface area (Å²) in [5, 5.41) is 3.19. The van der Waals surface area contributed by atoms with Crippen LogP contribution in [-0.2, 0) is 0 Å². The molecule has 1 heterocycles. The van der Waals surface area contributed by atoms with Crippen LogP contribution in [0.2, 0.25) is 0 Å². The molecule has 1 aromatic carbocycles. The van der Waals surface area contributed by atoms with Crippen LogP contribution in [0.1, 0.15) is 30.1 Å². The number of benzene rings is 1. The third-order valence-corrected chi connectivity index (χ3v) is 4.07. The molecule has 1 atom stereocenters. The van der Waals surface area contributed by atoms with Crippen LogP contribution in [0, 0.1) is 11.2 Å². The number of carbonyl (C=O) groups excluding carboxylic acids is 1. The molecule has 1 aliphatic heterocycles. The van der Waals surface area contributed by atoms with E-state index in [0.717, 1.165) is 23.9 Å². The second-order valence-electron chi connectivity index (χ2n) is 4.51. The van der Waals surface area contributed by atoms with Gasteiger partial charge in [-0.25, -0.2) is 4.39 Å². The van der Waals surface area contributed by atoms with Crippen LogP contribution in [-0.4, -0.2) is 18.9 Å². The number of hydrogen-bond donors (Lipinski definition) is 1. The third-order valence-electron chi connectivity index (χ3n) is 3.58. The molecule has 2 nitrogen and oxygen atoms in total. The van der Waals surface area contributed by atoms with E-state index in [2.05, 4.69) is 21.2 Å². The van der Waals surface area contributed by atoms with Crippen LogP contribution >= 0.6 is 15.9 Å². The molecule has 92 valence electrons. The lowest BCUT2D eigenvalue weighted by Gasteiger charge is -2.25. The number of ketones is 1. The second kappa shape index (κ2) is 4.86. The molecule has 1 N–H and O–H groups in total. The van der Waals surface area contributed by atoms with Gasteiger partial charge in [-0.3, -0.25) is 4.79 Å². The lowest BCUT2D eigenvalue weighted by atomic mass is 9.77. The molecule has 0 aliphatic carbocycles. The summed E-state index contributed by atoms with van der Waals surface area (Å²) >= 11 is 3.28. The Kier molecular flexibility index (Phi) is 3.64. The molecule has 1 saturated heterocycles. The van der Waals surface area contributed by atoms with E-state index < -0.39 is 11.2 Å². The summed E-state index contributed by atoms with van der Waals surface area (Å²) in [5.41, 5.74) is -0.230. The summed E-state index contributed by atoms with van der Waals surface area (Å²) in [7, 11) is 0. The molecule has 0 bridgehead atoms. The van der Waals surface area contributed by atoms with Gasteiger partial charge in [-0.05, 0) is 37.6 Å². The maximum Gasteiger partial charge on any atom is 0.173 e. The zero-order valence-electron chi connectivity index (χ0n) is 9.72. The van der Waals surface area contributed by atoms with Gasteiger partial charge in [0.1, 0.15) is 5.82 Å². The quantitative estimate of drug-likeness (QED) is 0.869. The number of Topliss-reactive ketones (excluding diaryl/α,β-unsaturated/α-hetero) is 1. The Morgan fingerprint density at radius 1 is 1.59 bits per heavy atom. The first-order chi connectivity index (χ1) is 8.09. The topological polar surface area (TPSA) is 29.1 Å². The highest BCUT2D eigenvalue weighted by atomic mass is 79.9. The summed E-state index contributed by atoms with van der Waals surface area (Å²) in [5.74, 6) is -0.512. The van der Waals surface area contributed by atoms with Gasteiger partial charge >= 0.3 is 0 Å². The molecule has 0 saturated carbocycles. The maximum atomic E-state index is 13.7. The van der Waals surface area contributed by atoms with E-state index in [1.54, 1.807) is 12.1 Å². The number of nitrogens with one attached hydrogen (secondary N) is 1. The van der Waals surface area contributed by atoms with Crippen molar-refractivity contribution in [3.05, 3.63) is 34.1 Å². The molecule has 1 aliphatic rings. The van der Waals surface area contributed by atoms with Gasteiger partial charge in [-0.2, -0.15) is 0 Å². The average Bonchev–Trinajstić information content (AvgIpc) is 2.81. The van der Waals surface area contributed by atoms with E-state index >= 15 is 0 Å². The lowest BCUT2D eigenvalue weighted by Crippen LogP contribution is -2.33. The van der Waals surface area contributed by atoms with Crippen molar-refractivity contribution in [1.29, 1.82) is 0 Å². The number of hydrogen-bond acceptors (Lipinski definition) is 2. The highest BCUT2D eigenvalue weighted by molar-refractivity contribution is 9.10. The molecule has 1 unspecified atom stereocenters. The van der Waals surface area contributed by atoms with Crippen molar-refractivity contribution in [2.45, 2.75) is 19.8 Å². The predicted octanol–water partition coefficient (Wildman–Crippen LogP) is 3.16. The van der Waals surface area contributed by atoms with Crippen LogP contribution in [0.25, 0.3) is 0 Å². The van der Waals surface area contributed by atoms with Crippen molar-refractivity contribution in [3.63, 3.8) is 0 Å². The van der Waals surface area contributed by atoms with Crippen LogP contribution in [0.15, 0.2) is 22.7 Å². The molecule has 2 rings (SSSR count). The summed E-state index contributed by atoms with van der Waals surface area (Å²) in [4.78, 5) is 12.5.